The van der Waals surface area contributed by atoms with Crippen molar-refractivity contribution >= 4 is 23.3 Å². The second-order valence-electron chi connectivity index (χ2n) is 8.91. The normalized spacial score (nSPS) is 20.2. The van der Waals surface area contributed by atoms with Crippen LogP contribution in [0.2, 0.25) is 0 Å². The minimum atomic E-state index is -1.12. The van der Waals surface area contributed by atoms with Gasteiger partial charge in [-0.1, -0.05) is 48.5 Å². The summed E-state index contributed by atoms with van der Waals surface area (Å²) in [5.74, 6) is -1.31. The van der Waals surface area contributed by atoms with Crippen molar-refractivity contribution in [3.63, 3.8) is 0 Å². The second-order valence-corrected chi connectivity index (χ2v) is 8.91. The first-order chi connectivity index (χ1) is 16.3. The second kappa shape index (κ2) is 8.43. The molecule has 4 N–H and O–H groups in total. The van der Waals surface area contributed by atoms with Crippen LogP contribution >= 0.6 is 0 Å². The molecule has 1 saturated heterocycles. The van der Waals surface area contributed by atoms with Gasteiger partial charge in [-0.25, -0.2) is 9.36 Å². The summed E-state index contributed by atoms with van der Waals surface area (Å²) in [5.41, 5.74) is 10.5. The van der Waals surface area contributed by atoms with Gasteiger partial charge in [-0.3, -0.25) is 10.5 Å². The van der Waals surface area contributed by atoms with Crippen LogP contribution in [0.1, 0.15) is 24.5 Å². The van der Waals surface area contributed by atoms with Crippen molar-refractivity contribution < 1.29 is 24.4 Å². The molecule has 5 rings (SSSR count). The Morgan fingerprint density at radius 2 is 1.82 bits per heavy atom. The largest absolute Gasteiger partial charge is 0.477 e. The Bertz CT molecular complexity index is 1310. The van der Waals surface area contributed by atoms with E-state index in [-0.39, 0.29) is 17.6 Å². The van der Waals surface area contributed by atoms with Gasteiger partial charge in [0.25, 0.3) is 5.82 Å². The van der Waals surface area contributed by atoms with Gasteiger partial charge in [-0.15, -0.1) is 0 Å². The number of pyridine rings is 1. The Kier molecular flexibility index (Phi) is 5.42. The highest BCUT2D eigenvalue weighted by Crippen LogP contribution is 2.47. The third kappa shape index (κ3) is 3.64. The minimum Gasteiger partial charge on any atom is -0.477 e. The number of β-lactam (4-membered cyclic amide) rings is 1. The third-order valence-corrected chi connectivity index (χ3v) is 6.76. The van der Waals surface area contributed by atoms with E-state index in [4.69, 9.17) is 5.73 Å². The molecule has 172 valence electrons. The molecule has 0 bridgehead atoms. The quantitative estimate of drug-likeness (QED) is 0.391. The van der Waals surface area contributed by atoms with Gasteiger partial charge in [0.2, 0.25) is 5.91 Å². The Labute approximate surface area is 197 Å². The maximum Gasteiger partial charge on any atom is 0.352 e. The lowest BCUT2D eigenvalue weighted by atomic mass is 9.82. The lowest BCUT2D eigenvalue weighted by Gasteiger charge is -2.44. The number of amides is 1. The molecule has 0 spiro atoms. The van der Waals surface area contributed by atoms with E-state index in [0.29, 0.717) is 24.4 Å². The van der Waals surface area contributed by atoms with Crippen molar-refractivity contribution in [3.05, 3.63) is 89.8 Å². The molecular formula is C27H26N3O4+. The number of hydrogen-bond acceptors (Lipinski definition) is 4. The molecule has 2 aliphatic heterocycles. The number of hydrogen-bond donors (Lipinski definition) is 3. The predicted octanol–water partition coefficient (Wildman–Crippen LogP) is 2.68. The summed E-state index contributed by atoms with van der Waals surface area (Å²) in [6.07, 6.45) is 1.55. The molecule has 0 unspecified atom stereocenters. The molecule has 7 heteroatoms. The first kappa shape index (κ1) is 21.9. The van der Waals surface area contributed by atoms with Gasteiger partial charge in [0, 0.05) is 6.07 Å². The molecule has 0 radical (unpaired) electrons. The standard InChI is InChI=1S/C27H25N3O4/c1-16(31)24-22-14-21(25(27(33)34)30(22)26(24)32)20-6-4-5-19(13-20)18-10-8-17(9-11-18)15-29-12-3-2-7-23(29)28/h2-13,16,22,24,28,31H,14-15H2,1H3,(H,33,34)/p+1/t16-,22-,24-/m1/s1. The Hall–Kier alpha value is -3.97. The van der Waals surface area contributed by atoms with Crippen molar-refractivity contribution in [2.24, 2.45) is 5.92 Å². The molecule has 34 heavy (non-hydrogen) atoms. The molecule has 2 aromatic carbocycles. The van der Waals surface area contributed by atoms with Gasteiger partial charge in [0.05, 0.1) is 24.3 Å². The highest BCUT2D eigenvalue weighted by Gasteiger charge is 2.56. The van der Waals surface area contributed by atoms with Gasteiger partial charge in [-0.2, -0.15) is 0 Å². The summed E-state index contributed by atoms with van der Waals surface area (Å²) in [7, 11) is 0. The molecule has 1 amide bonds. The fourth-order valence-corrected chi connectivity index (χ4v) is 5.05. The van der Waals surface area contributed by atoms with E-state index >= 15 is 0 Å². The highest BCUT2D eigenvalue weighted by molar-refractivity contribution is 6.06. The van der Waals surface area contributed by atoms with Crippen LogP contribution in [-0.4, -0.2) is 39.1 Å². The van der Waals surface area contributed by atoms with Crippen molar-refractivity contribution in [2.45, 2.75) is 32.0 Å². The van der Waals surface area contributed by atoms with Gasteiger partial charge >= 0.3 is 5.97 Å². The van der Waals surface area contributed by atoms with Crippen molar-refractivity contribution in [3.8, 4) is 11.1 Å². The Morgan fingerprint density at radius 3 is 2.50 bits per heavy atom. The number of nitrogens with zero attached hydrogens (tertiary/aromatic N) is 2. The molecule has 1 aromatic heterocycles. The number of benzene rings is 2. The van der Waals surface area contributed by atoms with Crippen LogP contribution in [-0.2, 0) is 16.1 Å². The van der Waals surface area contributed by atoms with Crippen LogP contribution in [0, 0.1) is 5.92 Å². The summed E-state index contributed by atoms with van der Waals surface area (Å²) in [6, 6.07) is 21.3. The van der Waals surface area contributed by atoms with Crippen LogP contribution < -0.4 is 10.3 Å². The topological polar surface area (TPSA) is 108 Å². The van der Waals surface area contributed by atoms with E-state index in [2.05, 4.69) is 12.1 Å². The fraction of sp³-hybridized carbons (Fsp3) is 0.222. The number of carbonyl (C=O) groups is 2. The number of aliphatic hydroxyl groups is 1. The summed E-state index contributed by atoms with van der Waals surface area (Å²) in [4.78, 5) is 25.9. The van der Waals surface area contributed by atoms with E-state index in [1.54, 1.807) is 6.92 Å². The summed E-state index contributed by atoms with van der Waals surface area (Å²) < 4.78 is 1.97. The molecule has 0 aliphatic carbocycles. The first-order valence-corrected chi connectivity index (χ1v) is 11.3. The van der Waals surface area contributed by atoms with Crippen molar-refractivity contribution in [1.29, 1.82) is 0 Å². The molecule has 7 nitrogen and oxygen atoms in total. The Morgan fingerprint density at radius 1 is 1.09 bits per heavy atom. The summed E-state index contributed by atoms with van der Waals surface area (Å²) in [6.45, 7) is 2.24. The van der Waals surface area contributed by atoms with Crippen molar-refractivity contribution in [2.75, 3.05) is 5.73 Å². The lowest BCUT2D eigenvalue weighted by Crippen LogP contribution is -2.61. The number of carbonyl (C=O) groups excluding carboxylic acids is 1. The summed E-state index contributed by atoms with van der Waals surface area (Å²) in [5, 5.41) is 19.8. The smallest absolute Gasteiger partial charge is 0.352 e. The van der Waals surface area contributed by atoms with Crippen LogP contribution in [0.4, 0.5) is 5.82 Å². The number of fused-ring (bicyclic) bond motifs is 1. The van der Waals surface area contributed by atoms with Crippen LogP contribution in [0.3, 0.4) is 0 Å². The van der Waals surface area contributed by atoms with Crippen LogP contribution in [0.15, 0.2) is 78.6 Å². The molecule has 3 aromatic rings. The molecule has 3 atom stereocenters. The zero-order valence-corrected chi connectivity index (χ0v) is 18.8. The average molecular weight is 457 g/mol. The molecule has 1 fully saturated rings. The maximum atomic E-state index is 12.5. The van der Waals surface area contributed by atoms with Crippen molar-refractivity contribution in [1.82, 2.24) is 4.90 Å². The van der Waals surface area contributed by atoms with Crippen LogP contribution in [0.25, 0.3) is 16.7 Å². The number of rotatable bonds is 6. The van der Waals surface area contributed by atoms with E-state index < -0.39 is 18.0 Å². The fourth-order valence-electron chi connectivity index (χ4n) is 5.05. The zero-order chi connectivity index (χ0) is 24.0. The Balaban J connectivity index is 1.43. The number of aliphatic hydroxyl groups excluding tert-OH is 1. The number of carboxylic acids is 1. The number of nitrogens with two attached hydrogens (primary N) is 1. The van der Waals surface area contributed by atoms with Gasteiger partial charge in [0.15, 0.2) is 0 Å². The minimum absolute atomic E-state index is 0.0249. The number of aromatic nitrogens is 1. The number of anilines is 1. The highest BCUT2D eigenvalue weighted by atomic mass is 16.4. The maximum absolute atomic E-state index is 12.5. The predicted molar refractivity (Wildman–Crippen MR) is 127 cm³/mol. The molecule has 0 saturated carbocycles. The van der Waals surface area contributed by atoms with Crippen LogP contribution in [0.5, 0.6) is 0 Å². The van der Waals surface area contributed by atoms with Gasteiger partial charge in [-0.05, 0) is 53.3 Å². The first-order valence-electron chi connectivity index (χ1n) is 11.3. The van der Waals surface area contributed by atoms with E-state index in [0.717, 1.165) is 22.3 Å². The third-order valence-electron chi connectivity index (χ3n) is 6.76. The zero-order valence-electron chi connectivity index (χ0n) is 18.8. The number of carboxylic acid groups (broad SMARTS) is 1. The van der Waals surface area contributed by atoms with E-state index in [1.165, 1.54) is 4.90 Å². The number of nitrogen functional groups attached to an aromatic ring is 1. The lowest BCUT2D eigenvalue weighted by molar-refractivity contribution is -0.674. The van der Waals surface area contributed by atoms with Gasteiger partial charge in [0.1, 0.15) is 12.2 Å². The van der Waals surface area contributed by atoms with Gasteiger partial charge < -0.3 is 15.1 Å². The summed E-state index contributed by atoms with van der Waals surface area (Å²) >= 11 is 0. The average Bonchev–Trinajstić information content (AvgIpc) is 3.16. The van der Waals surface area contributed by atoms with E-state index in [1.807, 2.05) is 65.4 Å². The molecular weight excluding hydrogens is 430 g/mol. The monoisotopic (exact) mass is 456 g/mol. The van der Waals surface area contributed by atoms with E-state index in [9.17, 15) is 19.8 Å². The molecule has 2 aliphatic rings. The SMILES string of the molecule is C[C@@H](O)[C@H]1C(=O)N2C(C(=O)O)=C(c3cccc(-c4ccc(C[n+]5ccccc5N)cc4)c3)C[C@H]12. The molecule has 3 heterocycles. The number of aliphatic carboxylic acids is 1.